The van der Waals surface area contributed by atoms with E-state index in [2.05, 4.69) is 37.4 Å². The van der Waals surface area contributed by atoms with E-state index < -0.39 is 0 Å². The van der Waals surface area contributed by atoms with Gasteiger partial charge in [0, 0.05) is 12.1 Å². The lowest BCUT2D eigenvalue weighted by molar-refractivity contribution is 0.406. The topological polar surface area (TPSA) is 21.3 Å². The Kier molecular flexibility index (Phi) is 3.49. The van der Waals surface area contributed by atoms with Gasteiger partial charge in [-0.05, 0) is 42.5 Å². The highest BCUT2D eigenvalue weighted by Gasteiger charge is 2.19. The zero-order valence-electron chi connectivity index (χ0n) is 10.4. The van der Waals surface area contributed by atoms with Gasteiger partial charge in [0.2, 0.25) is 0 Å². The van der Waals surface area contributed by atoms with Gasteiger partial charge in [-0.25, -0.2) is 0 Å². The van der Waals surface area contributed by atoms with E-state index >= 15 is 0 Å². The zero-order chi connectivity index (χ0) is 11.5. The molecule has 1 atom stereocenters. The van der Waals surface area contributed by atoms with Crippen LogP contribution >= 0.6 is 0 Å². The molecule has 0 spiro atoms. The van der Waals surface area contributed by atoms with E-state index in [-0.39, 0.29) is 0 Å². The second-order valence-corrected chi connectivity index (χ2v) is 4.90. The van der Waals surface area contributed by atoms with Crippen molar-refractivity contribution >= 4 is 0 Å². The quantitative estimate of drug-likeness (QED) is 0.843. The summed E-state index contributed by atoms with van der Waals surface area (Å²) in [6.45, 7) is 4.42. The van der Waals surface area contributed by atoms with Crippen LogP contribution in [0.4, 0.5) is 0 Å². The first-order valence-corrected chi connectivity index (χ1v) is 6.11. The van der Waals surface area contributed by atoms with Crippen LogP contribution in [0.3, 0.4) is 0 Å². The Morgan fingerprint density at radius 2 is 2.12 bits per heavy atom. The van der Waals surface area contributed by atoms with Crippen LogP contribution in [0, 0.1) is 0 Å². The minimum atomic E-state index is 0.574. The van der Waals surface area contributed by atoms with Gasteiger partial charge in [-0.2, -0.15) is 0 Å². The number of hydrogen-bond donors (Lipinski definition) is 1. The molecule has 2 heteroatoms. The van der Waals surface area contributed by atoms with E-state index in [4.69, 9.17) is 4.74 Å². The molecule has 0 aliphatic heterocycles. The molecule has 0 radical (unpaired) electrons. The molecule has 0 fully saturated rings. The summed E-state index contributed by atoms with van der Waals surface area (Å²) >= 11 is 0. The number of hydrogen-bond acceptors (Lipinski definition) is 2. The summed E-state index contributed by atoms with van der Waals surface area (Å²) in [5, 5.41) is 3.62. The molecule has 0 unspecified atom stereocenters. The number of benzene rings is 1. The fraction of sp³-hybridized carbons (Fsp3) is 0.571. The second-order valence-electron chi connectivity index (χ2n) is 4.90. The predicted molar refractivity (Wildman–Crippen MR) is 67.1 cm³/mol. The maximum atomic E-state index is 5.26. The Bertz CT molecular complexity index is 360. The standard InChI is InChI=1S/C14H21NO/c1-10(2)15-13-6-4-12-9-14(16-3)7-5-11(12)8-13/h5,7,9-10,13,15H,4,6,8H2,1-3H3/t13-/m1/s1. The first-order chi connectivity index (χ1) is 7.69. The number of fused-ring (bicyclic) bond motifs is 1. The molecule has 0 bridgehead atoms. The molecule has 16 heavy (non-hydrogen) atoms. The maximum Gasteiger partial charge on any atom is 0.119 e. The summed E-state index contributed by atoms with van der Waals surface area (Å²) < 4.78 is 5.26. The molecule has 0 saturated carbocycles. The lowest BCUT2D eigenvalue weighted by atomic mass is 9.88. The fourth-order valence-electron chi connectivity index (χ4n) is 2.47. The summed E-state index contributed by atoms with van der Waals surface area (Å²) in [5.41, 5.74) is 2.94. The summed E-state index contributed by atoms with van der Waals surface area (Å²) in [5.74, 6) is 0.981. The van der Waals surface area contributed by atoms with Crippen molar-refractivity contribution in [3.63, 3.8) is 0 Å². The Balaban J connectivity index is 2.09. The van der Waals surface area contributed by atoms with Crippen LogP contribution in [-0.4, -0.2) is 19.2 Å². The van der Waals surface area contributed by atoms with E-state index in [0.29, 0.717) is 12.1 Å². The monoisotopic (exact) mass is 219 g/mol. The molecule has 1 N–H and O–H groups in total. The smallest absolute Gasteiger partial charge is 0.119 e. The normalized spacial score (nSPS) is 19.6. The molecule has 1 aromatic carbocycles. The Hall–Kier alpha value is -1.02. The predicted octanol–water partition coefficient (Wildman–Crippen LogP) is 2.55. The maximum absolute atomic E-state index is 5.26. The second kappa shape index (κ2) is 4.88. The van der Waals surface area contributed by atoms with Gasteiger partial charge in [0.05, 0.1) is 7.11 Å². The van der Waals surface area contributed by atoms with E-state index in [1.54, 1.807) is 7.11 Å². The van der Waals surface area contributed by atoms with Crippen molar-refractivity contribution in [1.29, 1.82) is 0 Å². The van der Waals surface area contributed by atoms with Gasteiger partial charge >= 0.3 is 0 Å². The summed E-state index contributed by atoms with van der Waals surface area (Å²) in [7, 11) is 1.73. The highest BCUT2D eigenvalue weighted by Crippen LogP contribution is 2.25. The molecule has 2 rings (SSSR count). The van der Waals surface area contributed by atoms with Crippen LogP contribution in [0.25, 0.3) is 0 Å². The largest absolute Gasteiger partial charge is 0.497 e. The van der Waals surface area contributed by atoms with Gasteiger partial charge in [0.1, 0.15) is 5.75 Å². The number of aryl methyl sites for hydroxylation is 1. The first-order valence-electron chi connectivity index (χ1n) is 6.11. The van der Waals surface area contributed by atoms with Gasteiger partial charge < -0.3 is 10.1 Å². The van der Waals surface area contributed by atoms with E-state index in [1.807, 2.05) is 0 Å². The van der Waals surface area contributed by atoms with Crippen molar-refractivity contribution in [2.45, 2.75) is 45.2 Å². The lowest BCUT2D eigenvalue weighted by Crippen LogP contribution is -2.38. The minimum Gasteiger partial charge on any atom is -0.497 e. The number of rotatable bonds is 3. The van der Waals surface area contributed by atoms with Crippen molar-refractivity contribution in [3.05, 3.63) is 29.3 Å². The lowest BCUT2D eigenvalue weighted by Gasteiger charge is -2.27. The zero-order valence-corrected chi connectivity index (χ0v) is 10.4. The van der Waals surface area contributed by atoms with Crippen molar-refractivity contribution in [2.24, 2.45) is 0 Å². The highest BCUT2D eigenvalue weighted by molar-refractivity contribution is 5.37. The first kappa shape index (κ1) is 11.5. The third-order valence-corrected chi connectivity index (χ3v) is 3.21. The molecule has 2 nitrogen and oxygen atoms in total. The van der Waals surface area contributed by atoms with Gasteiger partial charge in [0.15, 0.2) is 0 Å². The third kappa shape index (κ3) is 2.56. The van der Waals surface area contributed by atoms with Crippen molar-refractivity contribution in [3.8, 4) is 5.75 Å². The Labute approximate surface area is 98.0 Å². The molecule has 1 aromatic rings. The van der Waals surface area contributed by atoms with Crippen LogP contribution in [-0.2, 0) is 12.8 Å². The van der Waals surface area contributed by atoms with E-state index in [0.717, 1.165) is 18.6 Å². The Morgan fingerprint density at radius 3 is 2.81 bits per heavy atom. The summed E-state index contributed by atoms with van der Waals surface area (Å²) in [6, 6.07) is 7.67. The molecule has 88 valence electrons. The summed E-state index contributed by atoms with van der Waals surface area (Å²) in [6.07, 6.45) is 3.55. The van der Waals surface area contributed by atoms with Gasteiger partial charge in [-0.3, -0.25) is 0 Å². The van der Waals surface area contributed by atoms with Gasteiger partial charge in [-0.1, -0.05) is 19.9 Å². The van der Waals surface area contributed by atoms with Crippen LogP contribution < -0.4 is 10.1 Å². The average Bonchev–Trinajstić information content (AvgIpc) is 2.27. The van der Waals surface area contributed by atoms with Gasteiger partial charge in [0.25, 0.3) is 0 Å². The number of methoxy groups -OCH3 is 1. The minimum absolute atomic E-state index is 0.574. The molecular formula is C14H21NO. The molecule has 0 heterocycles. The highest BCUT2D eigenvalue weighted by atomic mass is 16.5. The molecule has 0 aromatic heterocycles. The molecule has 0 saturated heterocycles. The molecule has 1 aliphatic rings. The number of ether oxygens (including phenoxy) is 1. The van der Waals surface area contributed by atoms with Crippen LogP contribution in [0.5, 0.6) is 5.75 Å². The van der Waals surface area contributed by atoms with E-state index in [9.17, 15) is 0 Å². The summed E-state index contributed by atoms with van der Waals surface area (Å²) in [4.78, 5) is 0. The van der Waals surface area contributed by atoms with Crippen molar-refractivity contribution in [1.82, 2.24) is 5.32 Å². The van der Waals surface area contributed by atoms with Crippen LogP contribution in [0.15, 0.2) is 18.2 Å². The van der Waals surface area contributed by atoms with Crippen molar-refractivity contribution in [2.75, 3.05) is 7.11 Å². The SMILES string of the molecule is COc1ccc2c(c1)CC[C@@H](NC(C)C)C2. The van der Waals surface area contributed by atoms with Gasteiger partial charge in [-0.15, -0.1) is 0 Å². The fourth-order valence-corrected chi connectivity index (χ4v) is 2.47. The Morgan fingerprint density at radius 1 is 1.31 bits per heavy atom. The molecule has 1 aliphatic carbocycles. The third-order valence-electron chi connectivity index (χ3n) is 3.21. The van der Waals surface area contributed by atoms with Crippen molar-refractivity contribution < 1.29 is 4.74 Å². The average molecular weight is 219 g/mol. The van der Waals surface area contributed by atoms with Crippen LogP contribution in [0.2, 0.25) is 0 Å². The van der Waals surface area contributed by atoms with E-state index in [1.165, 1.54) is 17.5 Å². The molecular weight excluding hydrogens is 198 g/mol. The number of nitrogens with one attached hydrogen (secondary N) is 1. The van der Waals surface area contributed by atoms with Crippen LogP contribution in [0.1, 0.15) is 31.4 Å². The molecule has 0 amide bonds.